The molecular formula is C26H30N2O4. The monoisotopic (exact) mass is 434 g/mol. The molecule has 3 aliphatic rings. The molecule has 0 saturated carbocycles. The van der Waals surface area contributed by atoms with Crippen LogP contribution in [-0.2, 0) is 11.2 Å². The van der Waals surface area contributed by atoms with E-state index < -0.39 is 5.92 Å². The summed E-state index contributed by atoms with van der Waals surface area (Å²) in [6, 6.07) is 11.2. The molecule has 0 unspecified atom stereocenters. The Morgan fingerprint density at radius 1 is 0.969 bits per heavy atom. The standard InChI is InChI=1S/C26H30N2O4/c1-16-8-11-27(12-9-16)26(30)23-18-6-4-5-7-19(18)25(29)28-13-10-17-14-21(31-2)22(32-3)15-20(17)24(23)28/h4-7,14-16,23-24H,8-13H2,1-3H3/t23-,24+/m1/s1. The molecule has 0 aromatic heterocycles. The summed E-state index contributed by atoms with van der Waals surface area (Å²) in [5.74, 6) is 1.64. The number of fused-ring (bicyclic) bond motifs is 4. The first kappa shape index (κ1) is 20.9. The van der Waals surface area contributed by atoms with E-state index in [-0.39, 0.29) is 17.9 Å². The molecule has 2 amide bonds. The van der Waals surface area contributed by atoms with Crippen LogP contribution in [0.3, 0.4) is 0 Å². The van der Waals surface area contributed by atoms with Crippen LogP contribution in [0.2, 0.25) is 0 Å². The molecule has 3 aliphatic heterocycles. The van der Waals surface area contributed by atoms with Crippen molar-refractivity contribution in [2.75, 3.05) is 33.9 Å². The topological polar surface area (TPSA) is 59.1 Å². The van der Waals surface area contributed by atoms with Crippen LogP contribution in [0.1, 0.15) is 58.8 Å². The second-order valence-electron chi connectivity index (χ2n) is 9.17. The SMILES string of the molecule is COc1cc2c(cc1OC)[C@H]1[C@H](C(=O)N3CCC(C)CC3)c3ccccc3C(=O)N1CC2. The molecule has 1 saturated heterocycles. The number of benzene rings is 2. The van der Waals surface area contributed by atoms with Crippen molar-refractivity contribution in [3.63, 3.8) is 0 Å². The van der Waals surface area contributed by atoms with Crippen LogP contribution in [0.4, 0.5) is 0 Å². The van der Waals surface area contributed by atoms with Crippen molar-refractivity contribution in [2.24, 2.45) is 5.92 Å². The van der Waals surface area contributed by atoms with Crippen molar-refractivity contribution in [2.45, 2.75) is 38.1 Å². The molecule has 2 atom stereocenters. The van der Waals surface area contributed by atoms with E-state index in [0.29, 0.717) is 29.5 Å². The van der Waals surface area contributed by atoms with Gasteiger partial charge < -0.3 is 19.3 Å². The minimum atomic E-state index is -0.422. The summed E-state index contributed by atoms with van der Waals surface area (Å²) >= 11 is 0. The van der Waals surface area contributed by atoms with Gasteiger partial charge in [0.05, 0.1) is 26.2 Å². The molecule has 1 fully saturated rings. The number of methoxy groups -OCH3 is 2. The summed E-state index contributed by atoms with van der Waals surface area (Å²) in [5.41, 5.74) is 3.59. The lowest BCUT2D eigenvalue weighted by Crippen LogP contribution is -2.51. The van der Waals surface area contributed by atoms with Gasteiger partial charge in [-0.15, -0.1) is 0 Å². The third-order valence-corrected chi connectivity index (χ3v) is 7.39. The van der Waals surface area contributed by atoms with Crippen molar-refractivity contribution >= 4 is 11.8 Å². The maximum atomic E-state index is 14.0. The highest BCUT2D eigenvalue weighted by molar-refractivity contribution is 6.01. The van der Waals surface area contributed by atoms with Gasteiger partial charge in [-0.3, -0.25) is 9.59 Å². The van der Waals surface area contributed by atoms with Gasteiger partial charge in [-0.25, -0.2) is 0 Å². The average molecular weight is 435 g/mol. The average Bonchev–Trinajstić information content (AvgIpc) is 2.83. The zero-order chi connectivity index (χ0) is 22.4. The second-order valence-corrected chi connectivity index (χ2v) is 9.17. The molecule has 3 heterocycles. The highest BCUT2D eigenvalue weighted by atomic mass is 16.5. The Hall–Kier alpha value is -3.02. The predicted molar refractivity (Wildman–Crippen MR) is 121 cm³/mol. The first-order valence-corrected chi connectivity index (χ1v) is 11.5. The van der Waals surface area contributed by atoms with Crippen molar-refractivity contribution in [1.29, 1.82) is 0 Å². The number of likely N-dealkylation sites (tertiary alicyclic amines) is 1. The third-order valence-electron chi connectivity index (χ3n) is 7.39. The van der Waals surface area contributed by atoms with Gasteiger partial charge in [0, 0.05) is 25.2 Å². The molecular weight excluding hydrogens is 404 g/mol. The first-order chi connectivity index (χ1) is 15.5. The molecule has 2 aromatic rings. The van der Waals surface area contributed by atoms with Crippen molar-refractivity contribution in [1.82, 2.24) is 9.80 Å². The fourth-order valence-corrected chi connectivity index (χ4v) is 5.55. The number of piperidine rings is 1. The van der Waals surface area contributed by atoms with Crippen molar-refractivity contribution in [3.05, 3.63) is 58.7 Å². The molecule has 168 valence electrons. The van der Waals surface area contributed by atoms with Gasteiger partial charge in [-0.1, -0.05) is 25.1 Å². The lowest BCUT2D eigenvalue weighted by Gasteiger charge is -2.46. The van der Waals surface area contributed by atoms with Crippen LogP contribution in [0.25, 0.3) is 0 Å². The van der Waals surface area contributed by atoms with E-state index in [9.17, 15) is 9.59 Å². The molecule has 0 spiro atoms. The molecule has 0 bridgehead atoms. The zero-order valence-corrected chi connectivity index (χ0v) is 19.0. The first-order valence-electron chi connectivity index (χ1n) is 11.5. The smallest absolute Gasteiger partial charge is 0.254 e. The summed E-state index contributed by atoms with van der Waals surface area (Å²) in [6.07, 6.45) is 2.77. The summed E-state index contributed by atoms with van der Waals surface area (Å²) in [6.45, 7) is 4.38. The van der Waals surface area contributed by atoms with Gasteiger partial charge in [-0.2, -0.15) is 0 Å². The molecule has 0 aliphatic carbocycles. The summed E-state index contributed by atoms with van der Waals surface area (Å²) in [5, 5.41) is 0. The van der Waals surface area contributed by atoms with Crippen LogP contribution < -0.4 is 9.47 Å². The van der Waals surface area contributed by atoms with Crippen LogP contribution in [0.15, 0.2) is 36.4 Å². The largest absolute Gasteiger partial charge is 0.493 e. The molecule has 5 rings (SSSR count). The fourth-order valence-electron chi connectivity index (χ4n) is 5.55. The number of nitrogens with zero attached hydrogens (tertiary/aromatic N) is 2. The van der Waals surface area contributed by atoms with E-state index in [1.165, 1.54) is 0 Å². The Kier molecular flexibility index (Phi) is 5.31. The van der Waals surface area contributed by atoms with Crippen LogP contribution >= 0.6 is 0 Å². The van der Waals surface area contributed by atoms with Gasteiger partial charge in [-0.05, 0) is 60.1 Å². The second kappa shape index (κ2) is 8.15. The molecule has 2 aromatic carbocycles. The van der Waals surface area contributed by atoms with Crippen molar-refractivity contribution in [3.8, 4) is 11.5 Å². The molecule has 0 N–H and O–H groups in total. The van der Waals surface area contributed by atoms with Crippen LogP contribution in [-0.4, -0.2) is 55.5 Å². The minimum Gasteiger partial charge on any atom is -0.493 e. The fraction of sp³-hybridized carbons (Fsp3) is 0.462. The lowest BCUT2D eigenvalue weighted by atomic mass is 9.75. The Bertz CT molecular complexity index is 1060. The molecule has 6 nitrogen and oxygen atoms in total. The van der Waals surface area contributed by atoms with Crippen LogP contribution in [0.5, 0.6) is 11.5 Å². The third kappa shape index (κ3) is 3.24. The number of carbonyl (C=O) groups excluding carboxylic acids is 2. The molecule has 32 heavy (non-hydrogen) atoms. The highest BCUT2D eigenvalue weighted by Gasteiger charge is 2.47. The Labute approximate surface area is 189 Å². The van der Waals surface area contributed by atoms with Gasteiger partial charge in [0.1, 0.15) is 0 Å². The van der Waals surface area contributed by atoms with Gasteiger partial charge in [0.2, 0.25) is 5.91 Å². The van der Waals surface area contributed by atoms with Gasteiger partial charge >= 0.3 is 0 Å². The summed E-state index contributed by atoms with van der Waals surface area (Å²) < 4.78 is 11.1. The van der Waals surface area contributed by atoms with E-state index in [4.69, 9.17) is 9.47 Å². The van der Waals surface area contributed by atoms with E-state index >= 15 is 0 Å². The van der Waals surface area contributed by atoms with Gasteiger partial charge in [0.15, 0.2) is 11.5 Å². The van der Waals surface area contributed by atoms with E-state index in [2.05, 4.69) is 6.92 Å². The molecule has 0 radical (unpaired) electrons. The number of hydrogen-bond donors (Lipinski definition) is 0. The Morgan fingerprint density at radius 2 is 1.66 bits per heavy atom. The maximum Gasteiger partial charge on any atom is 0.254 e. The summed E-state index contributed by atoms with van der Waals surface area (Å²) in [7, 11) is 3.24. The van der Waals surface area contributed by atoms with Crippen molar-refractivity contribution < 1.29 is 19.1 Å². The lowest BCUT2D eigenvalue weighted by molar-refractivity contribution is -0.136. The van der Waals surface area contributed by atoms with E-state index in [1.54, 1.807) is 14.2 Å². The predicted octanol–water partition coefficient (Wildman–Crippen LogP) is 3.80. The van der Waals surface area contributed by atoms with Crippen LogP contribution in [0, 0.1) is 5.92 Å². The quantitative estimate of drug-likeness (QED) is 0.737. The number of rotatable bonds is 3. The number of ether oxygens (including phenoxy) is 2. The Morgan fingerprint density at radius 3 is 2.38 bits per heavy atom. The van der Waals surface area contributed by atoms with E-state index in [0.717, 1.165) is 49.0 Å². The normalized spacial score (nSPS) is 22.7. The molecule has 6 heteroatoms. The minimum absolute atomic E-state index is 0.00218. The number of amides is 2. The Balaban J connectivity index is 1.65. The van der Waals surface area contributed by atoms with E-state index in [1.807, 2.05) is 46.2 Å². The zero-order valence-electron chi connectivity index (χ0n) is 19.0. The highest BCUT2D eigenvalue weighted by Crippen LogP contribution is 2.49. The maximum absolute atomic E-state index is 14.0. The summed E-state index contributed by atoms with van der Waals surface area (Å²) in [4.78, 5) is 31.4. The number of carbonyl (C=O) groups is 2. The number of hydrogen-bond acceptors (Lipinski definition) is 4. The van der Waals surface area contributed by atoms with Gasteiger partial charge in [0.25, 0.3) is 5.91 Å².